The molecule has 0 aliphatic carbocycles. The summed E-state index contributed by atoms with van der Waals surface area (Å²) in [6, 6.07) is 6.41. The Hall–Kier alpha value is -0.320. The maximum Gasteiger partial charge on any atom is 0.0642 e. The molecule has 2 nitrogen and oxygen atoms in total. The molecule has 82 valence electrons. The van der Waals surface area contributed by atoms with E-state index in [1.165, 1.54) is 10.6 Å². The quantitative estimate of drug-likeness (QED) is 0.631. The standard InChI is InChI=1S/C11H15NOS2/c1-15-11-8-9(2-3-10(11)14)12-4-6-13-7-5-12/h2-3,8,14H,4-7H2,1H3. The average molecular weight is 241 g/mol. The molecular weight excluding hydrogens is 226 g/mol. The Kier molecular flexibility index (Phi) is 3.83. The summed E-state index contributed by atoms with van der Waals surface area (Å²) < 4.78 is 5.34. The third-order valence-corrected chi connectivity index (χ3v) is 3.86. The Morgan fingerprint density at radius 3 is 2.73 bits per heavy atom. The highest BCUT2D eigenvalue weighted by Crippen LogP contribution is 2.28. The highest BCUT2D eigenvalue weighted by atomic mass is 32.2. The molecule has 0 amide bonds. The van der Waals surface area contributed by atoms with Gasteiger partial charge in [-0.05, 0) is 24.5 Å². The molecule has 0 N–H and O–H groups in total. The summed E-state index contributed by atoms with van der Waals surface area (Å²) in [5, 5.41) is 0. The zero-order chi connectivity index (χ0) is 10.7. The largest absolute Gasteiger partial charge is 0.378 e. The van der Waals surface area contributed by atoms with Crippen molar-refractivity contribution in [2.45, 2.75) is 9.79 Å². The Balaban J connectivity index is 2.20. The van der Waals surface area contributed by atoms with E-state index in [0.29, 0.717) is 0 Å². The normalized spacial score (nSPS) is 16.8. The SMILES string of the molecule is CSc1cc(N2CCOCC2)ccc1S. The van der Waals surface area contributed by atoms with Crippen LogP contribution in [0.4, 0.5) is 5.69 Å². The van der Waals surface area contributed by atoms with Gasteiger partial charge in [-0.2, -0.15) is 0 Å². The van der Waals surface area contributed by atoms with Crippen molar-refractivity contribution in [2.75, 3.05) is 37.5 Å². The molecule has 0 atom stereocenters. The van der Waals surface area contributed by atoms with E-state index in [0.717, 1.165) is 31.2 Å². The summed E-state index contributed by atoms with van der Waals surface area (Å²) in [7, 11) is 0. The minimum absolute atomic E-state index is 0.831. The van der Waals surface area contributed by atoms with Crippen LogP contribution in [0.25, 0.3) is 0 Å². The second kappa shape index (κ2) is 5.14. The highest BCUT2D eigenvalue weighted by Gasteiger charge is 2.11. The van der Waals surface area contributed by atoms with Crippen LogP contribution in [0, 0.1) is 0 Å². The van der Waals surface area contributed by atoms with Gasteiger partial charge >= 0.3 is 0 Å². The van der Waals surface area contributed by atoms with Gasteiger partial charge in [-0.1, -0.05) is 0 Å². The Morgan fingerprint density at radius 2 is 2.07 bits per heavy atom. The lowest BCUT2D eigenvalue weighted by atomic mass is 10.2. The van der Waals surface area contributed by atoms with E-state index in [9.17, 15) is 0 Å². The predicted octanol–water partition coefficient (Wildman–Crippen LogP) is 2.53. The number of rotatable bonds is 2. The molecule has 15 heavy (non-hydrogen) atoms. The van der Waals surface area contributed by atoms with Crippen LogP contribution in [-0.4, -0.2) is 32.6 Å². The molecule has 1 saturated heterocycles. The van der Waals surface area contributed by atoms with Crippen LogP contribution < -0.4 is 4.90 Å². The monoisotopic (exact) mass is 241 g/mol. The summed E-state index contributed by atoms with van der Waals surface area (Å²) in [4.78, 5) is 4.65. The van der Waals surface area contributed by atoms with Gasteiger partial charge in [-0.25, -0.2) is 0 Å². The van der Waals surface area contributed by atoms with Gasteiger partial charge in [-0.15, -0.1) is 24.4 Å². The van der Waals surface area contributed by atoms with E-state index < -0.39 is 0 Å². The second-order valence-corrected chi connectivity index (χ2v) is 4.79. The molecule has 1 aliphatic heterocycles. The highest BCUT2D eigenvalue weighted by molar-refractivity contribution is 7.99. The maximum atomic E-state index is 5.34. The van der Waals surface area contributed by atoms with Crippen LogP contribution in [-0.2, 0) is 4.74 Å². The van der Waals surface area contributed by atoms with Crippen LogP contribution in [0.5, 0.6) is 0 Å². The van der Waals surface area contributed by atoms with Gasteiger partial charge in [0.05, 0.1) is 13.2 Å². The second-order valence-electron chi connectivity index (χ2n) is 3.46. The van der Waals surface area contributed by atoms with E-state index >= 15 is 0 Å². The van der Waals surface area contributed by atoms with Gasteiger partial charge in [0, 0.05) is 28.6 Å². The zero-order valence-electron chi connectivity index (χ0n) is 8.77. The summed E-state index contributed by atoms with van der Waals surface area (Å²) in [6.07, 6.45) is 2.08. The average Bonchev–Trinajstić information content (AvgIpc) is 2.31. The number of morpholine rings is 1. The number of ether oxygens (including phenoxy) is 1. The number of nitrogens with zero attached hydrogens (tertiary/aromatic N) is 1. The van der Waals surface area contributed by atoms with Crippen LogP contribution in [0.3, 0.4) is 0 Å². The Labute approximate surface area is 100 Å². The number of thioether (sulfide) groups is 1. The van der Waals surface area contributed by atoms with Crippen molar-refractivity contribution in [2.24, 2.45) is 0 Å². The molecule has 0 bridgehead atoms. The maximum absolute atomic E-state index is 5.34. The molecule has 0 aromatic heterocycles. The minimum atomic E-state index is 0.831. The van der Waals surface area contributed by atoms with Crippen molar-refractivity contribution < 1.29 is 4.74 Å². The zero-order valence-corrected chi connectivity index (χ0v) is 10.5. The van der Waals surface area contributed by atoms with Crippen molar-refractivity contribution in [3.8, 4) is 0 Å². The first kappa shape index (κ1) is 11.2. The fraction of sp³-hybridized carbons (Fsp3) is 0.455. The summed E-state index contributed by atoms with van der Waals surface area (Å²) in [5.41, 5.74) is 1.28. The van der Waals surface area contributed by atoms with E-state index in [1.807, 2.05) is 0 Å². The van der Waals surface area contributed by atoms with Crippen molar-refractivity contribution in [1.82, 2.24) is 0 Å². The minimum Gasteiger partial charge on any atom is -0.378 e. The predicted molar refractivity (Wildman–Crippen MR) is 68.5 cm³/mol. The van der Waals surface area contributed by atoms with Gasteiger partial charge in [0.1, 0.15) is 0 Å². The molecule has 1 aliphatic rings. The van der Waals surface area contributed by atoms with Crippen LogP contribution in [0.15, 0.2) is 28.0 Å². The molecule has 0 saturated carbocycles. The van der Waals surface area contributed by atoms with Crippen LogP contribution >= 0.6 is 24.4 Å². The molecular formula is C11H15NOS2. The first-order valence-electron chi connectivity index (χ1n) is 5.01. The molecule has 1 aromatic carbocycles. The van der Waals surface area contributed by atoms with Crippen LogP contribution in [0.1, 0.15) is 0 Å². The number of hydrogen-bond donors (Lipinski definition) is 1. The lowest BCUT2D eigenvalue weighted by Gasteiger charge is -2.29. The first-order chi connectivity index (χ1) is 7.31. The number of anilines is 1. The number of hydrogen-bond acceptors (Lipinski definition) is 4. The topological polar surface area (TPSA) is 12.5 Å². The van der Waals surface area contributed by atoms with E-state index in [-0.39, 0.29) is 0 Å². The fourth-order valence-corrected chi connectivity index (χ4v) is 2.61. The third kappa shape index (κ3) is 2.62. The molecule has 4 heteroatoms. The smallest absolute Gasteiger partial charge is 0.0642 e. The molecule has 1 fully saturated rings. The van der Waals surface area contributed by atoms with E-state index in [2.05, 4.69) is 42.0 Å². The van der Waals surface area contributed by atoms with Gasteiger partial charge < -0.3 is 9.64 Å². The van der Waals surface area contributed by atoms with Gasteiger partial charge in [0.25, 0.3) is 0 Å². The molecule has 1 heterocycles. The summed E-state index contributed by atoms with van der Waals surface area (Å²) in [5.74, 6) is 0. The molecule has 1 aromatic rings. The summed E-state index contributed by atoms with van der Waals surface area (Å²) in [6.45, 7) is 3.63. The molecule has 0 spiro atoms. The molecule has 2 rings (SSSR count). The number of benzene rings is 1. The van der Waals surface area contributed by atoms with Crippen molar-refractivity contribution >= 4 is 30.1 Å². The molecule has 0 radical (unpaired) electrons. The van der Waals surface area contributed by atoms with E-state index in [1.54, 1.807) is 11.8 Å². The van der Waals surface area contributed by atoms with E-state index in [4.69, 9.17) is 4.74 Å². The van der Waals surface area contributed by atoms with Crippen molar-refractivity contribution in [3.05, 3.63) is 18.2 Å². The molecule has 0 unspecified atom stereocenters. The van der Waals surface area contributed by atoms with Crippen LogP contribution in [0.2, 0.25) is 0 Å². The lowest BCUT2D eigenvalue weighted by molar-refractivity contribution is 0.122. The Morgan fingerprint density at radius 1 is 1.33 bits per heavy atom. The third-order valence-electron chi connectivity index (χ3n) is 2.54. The van der Waals surface area contributed by atoms with Gasteiger partial charge in [0.2, 0.25) is 0 Å². The fourth-order valence-electron chi connectivity index (χ4n) is 1.68. The Bertz CT molecular complexity index is 337. The first-order valence-corrected chi connectivity index (χ1v) is 6.68. The lowest BCUT2D eigenvalue weighted by Crippen LogP contribution is -2.36. The van der Waals surface area contributed by atoms with Crippen molar-refractivity contribution in [3.63, 3.8) is 0 Å². The van der Waals surface area contributed by atoms with Crippen molar-refractivity contribution in [1.29, 1.82) is 0 Å². The summed E-state index contributed by atoms with van der Waals surface area (Å²) >= 11 is 6.16. The van der Waals surface area contributed by atoms with Gasteiger partial charge in [0.15, 0.2) is 0 Å². The van der Waals surface area contributed by atoms with Gasteiger partial charge in [-0.3, -0.25) is 0 Å². The number of thiol groups is 1.